The molecule has 1 aromatic heterocycles. The summed E-state index contributed by atoms with van der Waals surface area (Å²) in [6.07, 6.45) is 12.4. The van der Waals surface area contributed by atoms with Crippen LogP contribution in [-0.2, 0) is 13.0 Å². The maximum Gasteiger partial charge on any atom is 0.138 e. The third kappa shape index (κ3) is 3.84. The zero-order valence-corrected chi connectivity index (χ0v) is 14.5. The summed E-state index contributed by atoms with van der Waals surface area (Å²) < 4.78 is 2.05. The smallest absolute Gasteiger partial charge is 0.138 e. The van der Waals surface area contributed by atoms with Gasteiger partial charge in [0.2, 0.25) is 0 Å². The second kappa shape index (κ2) is 7.58. The molecule has 0 spiro atoms. The van der Waals surface area contributed by atoms with Gasteiger partial charge < -0.3 is 0 Å². The minimum atomic E-state index is 0.405. The Bertz CT molecular complexity index is 394. The molecular weight excluding hydrogens is 314 g/mol. The summed E-state index contributed by atoms with van der Waals surface area (Å²) in [5.41, 5.74) is 0.405. The van der Waals surface area contributed by atoms with E-state index >= 15 is 0 Å². The predicted molar refractivity (Wildman–Crippen MR) is 87.1 cm³/mol. The second-order valence-electron chi connectivity index (χ2n) is 6.39. The van der Waals surface area contributed by atoms with Crippen LogP contribution < -0.4 is 0 Å². The van der Waals surface area contributed by atoms with Crippen LogP contribution in [0.3, 0.4) is 0 Å². The minimum absolute atomic E-state index is 0.405. The maximum atomic E-state index is 4.47. The molecule has 0 atom stereocenters. The van der Waals surface area contributed by atoms with Gasteiger partial charge >= 0.3 is 0 Å². The van der Waals surface area contributed by atoms with Gasteiger partial charge in [-0.2, -0.15) is 5.10 Å². The summed E-state index contributed by atoms with van der Waals surface area (Å²) >= 11 is 3.78. The summed E-state index contributed by atoms with van der Waals surface area (Å²) in [5, 5.41) is 5.41. The molecule has 0 N–H and O–H groups in total. The van der Waals surface area contributed by atoms with Gasteiger partial charge in [-0.1, -0.05) is 42.1 Å². The minimum Gasteiger partial charge on any atom is -0.250 e. The Morgan fingerprint density at radius 1 is 1.35 bits per heavy atom. The summed E-state index contributed by atoms with van der Waals surface area (Å²) in [4.78, 5) is 4.47. The van der Waals surface area contributed by atoms with E-state index in [1.165, 1.54) is 50.8 Å². The van der Waals surface area contributed by atoms with Crippen molar-refractivity contribution in [2.75, 3.05) is 5.33 Å². The molecule has 0 radical (unpaired) electrons. The number of unbranched alkanes of at least 4 members (excludes halogenated alkanes) is 1. The number of halogens is 1. The van der Waals surface area contributed by atoms with Gasteiger partial charge in [0.1, 0.15) is 12.2 Å². The van der Waals surface area contributed by atoms with E-state index in [2.05, 4.69) is 39.9 Å². The summed E-state index contributed by atoms with van der Waals surface area (Å²) in [6.45, 7) is 5.36. The van der Waals surface area contributed by atoms with Crippen LogP contribution in [0.15, 0.2) is 6.33 Å². The Kier molecular flexibility index (Phi) is 6.06. The SMILES string of the molecule is CCCCC1CCC(CBr)(Cc2ncnn2CC)CC1. The third-order valence-corrected chi connectivity index (χ3v) is 6.13. The van der Waals surface area contributed by atoms with Crippen molar-refractivity contribution >= 4 is 15.9 Å². The molecular formula is C16H28BrN3. The first kappa shape index (κ1) is 16.0. The van der Waals surface area contributed by atoms with E-state index in [0.29, 0.717) is 5.41 Å². The average Bonchev–Trinajstić information content (AvgIpc) is 2.93. The highest BCUT2D eigenvalue weighted by atomic mass is 79.9. The molecule has 0 unspecified atom stereocenters. The van der Waals surface area contributed by atoms with Gasteiger partial charge in [0.05, 0.1) is 0 Å². The average molecular weight is 342 g/mol. The van der Waals surface area contributed by atoms with Crippen LogP contribution in [0.25, 0.3) is 0 Å². The molecule has 2 rings (SSSR count). The van der Waals surface area contributed by atoms with Gasteiger partial charge in [-0.25, -0.2) is 4.98 Å². The summed E-state index contributed by atoms with van der Waals surface area (Å²) in [5.74, 6) is 2.13. The van der Waals surface area contributed by atoms with Crippen LogP contribution in [0.2, 0.25) is 0 Å². The van der Waals surface area contributed by atoms with E-state index in [1.807, 2.05) is 4.68 Å². The number of hydrogen-bond donors (Lipinski definition) is 0. The Labute approximate surface area is 131 Å². The van der Waals surface area contributed by atoms with Gasteiger partial charge in [-0.3, -0.25) is 4.68 Å². The Hall–Kier alpha value is -0.380. The van der Waals surface area contributed by atoms with Gasteiger partial charge in [0, 0.05) is 18.3 Å². The fourth-order valence-corrected chi connectivity index (χ4v) is 4.21. The second-order valence-corrected chi connectivity index (χ2v) is 6.95. The van der Waals surface area contributed by atoms with E-state index < -0.39 is 0 Å². The van der Waals surface area contributed by atoms with Crippen LogP contribution in [0, 0.1) is 11.3 Å². The van der Waals surface area contributed by atoms with Gasteiger partial charge in [0.25, 0.3) is 0 Å². The monoisotopic (exact) mass is 341 g/mol. The Morgan fingerprint density at radius 3 is 2.70 bits per heavy atom. The maximum absolute atomic E-state index is 4.47. The van der Waals surface area contributed by atoms with Crippen molar-refractivity contribution in [1.29, 1.82) is 0 Å². The van der Waals surface area contributed by atoms with E-state index in [4.69, 9.17) is 0 Å². The molecule has 1 fully saturated rings. The van der Waals surface area contributed by atoms with Crippen molar-refractivity contribution in [1.82, 2.24) is 14.8 Å². The van der Waals surface area contributed by atoms with E-state index in [1.54, 1.807) is 6.33 Å². The van der Waals surface area contributed by atoms with Crippen LogP contribution >= 0.6 is 15.9 Å². The molecule has 20 heavy (non-hydrogen) atoms. The quantitative estimate of drug-likeness (QED) is 0.678. The number of alkyl halides is 1. The number of rotatable bonds is 7. The lowest BCUT2D eigenvalue weighted by atomic mass is 9.69. The molecule has 0 aliphatic heterocycles. The predicted octanol–water partition coefficient (Wildman–Crippen LogP) is 4.60. The van der Waals surface area contributed by atoms with Gasteiger partial charge in [-0.05, 0) is 43.9 Å². The van der Waals surface area contributed by atoms with Crippen LogP contribution in [-0.4, -0.2) is 20.1 Å². The largest absolute Gasteiger partial charge is 0.250 e. The van der Waals surface area contributed by atoms with E-state index in [0.717, 1.165) is 24.2 Å². The first-order chi connectivity index (χ1) is 9.73. The number of aryl methyl sites for hydroxylation is 1. The molecule has 3 nitrogen and oxygen atoms in total. The highest BCUT2D eigenvalue weighted by Crippen LogP contribution is 2.43. The first-order valence-corrected chi connectivity index (χ1v) is 9.28. The summed E-state index contributed by atoms with van der Waals surface area (Å²) in [6, 6.07) is 0. The van der Waals surface area contributed by atoms with Crippen LogP contribution in [0.4, 0.5) is 0 Å². The lowest BCUT2D eigenvalue weighted by Crippen LogP contribution is -2.32. The van der Waals surface area contributed by atoms with Crippen LogP contribution in [0.5, 0.6) is 0 Å². The number of nitrogens with zero attached hydrogens (tertiary/aromatic N) is 3. The molecule has 1 saturated carbocycles. The van der Waals surface area contributed by atoms with Crippen molar-refractivity contribution in [2.45, 2.75) is 71.8 Å². The molecule has 0 bridgehead atoms. The lowest BCUT2D eigenvalue weighted by Gasteiger charge is -2.39. The molecule has 114 valence electrons. The van der Waals surface area contributed by atoms with E-state index in [-0.39, 0.29) is 0 Å². The molecule has 1 aliphatic carbocycles. The fraction of sp³-hybridized carbons (Fsp3) is 0.875. The summed E-state index contributed by atoms with van der Waals surface area (Å²) in [7, 11) is 0. The normalized spacial score (nSPS) is 26.9. The van der Waals surface area contributed by atoms with E-state index in [9.17, 15) is 0 Å². The standard InChI is InChI=1S/C16H28BrN3/c1-3-5-6-14-7-9-16(12-17,10-8-14)11-15-18-13-19-20(15)4-2/h13-14H,3-12H2,1-2H3. The zero-order chi connectivity index (χ0) is 14.4. The first-order valence-electron chi connectivity index (χ1n) is 8.15. The molecule has 1 aliphatic rings. The van der Waals surface area contributed by atoms with Crippen molar-refractivity contribution in [3.05, 3.63) is 12.2 Å². The van der Waals surface area contributed by atoms with Crippen molar-refractivity contribution < 1.29 is 0 Å². The molecule has 0 aromatic carbocycles. The fourth-order valence-electron chi connectivity index (χ4n) is 3.45. The molecule has 0 amide bonds. The molecule has 1 aromatic rings. The van der Waals surface area contributed by atoms with Gasteiger partial charge in [-0.15, -0.1) is 0 Å². The lowest BCUT2D eigenvalue weighted by molar-refractivity contribution is 0.164. The molecule has 0 saturated heterocycles. The Balaban J connectivity index is 1.95. The highest BCUT2D eigenvalue weighted by molar-refractivity contribution is 9.09. The Morgan fingerprint density at radius 2 is 2.10 bits per heavy atom. The van der Waals surface area contributed by atoms with Crippen LogP contribution in [0.1, 0.15) is 64.6 Å². The number of aromatic nitrogens is 3. The van der Waals surface area contributed by atoms with Crippen molar-refractivity contribution in [2.24, 2.45) is 11.3 Å². The zero-order valence-electron chi connectivity index (χ0n) is 12.9. The van der Waals surface area contributed by atoms with Gasteiger partial charge in [0.15, 0.2) is 0 Å². The highest BCUT2D eigenvalue weighted by Gasteiger charge is 2.35. The topological polar surface area (TPSA) is 30.7 Å². The van der Waals surface area contributed by atoms with Crippen molar-refractivity contribution in [3.63, 3.8) is 0 Å². The number of hydrogen-bond acceptors (Lipinski definition) is 2. The third-order valence-electron chi connectivity index (χ3n) is 4.94. The molecule has 4 heteroatoms. The van der Waals surface area contributed by atoms with Crippen molar-refractivity contribution in [3.8, 4) is 0 Å². The molecule has 1 heterocycles.